The first-order chi connectivity index (χ1) is 8.94. The van der Waals surface area contributed by atoms with Gasteiger partial charge in [0.25, 0.3) is 0 Å². The summed E-state index contributed by atoms with van der Waals surface area (Å²) in [6.07, 6.45) is 10.5. The van der Waals surface area contributed by atoms with Crippen molar-refractivity contribution in [3.05, 3.63) is 0 Å². The van der Waals surface area contributed by atoms with Crippen molar-refractivity contribution in [1.29, 1.82) is 0 Å². The molecule has 2 N–H and O–H groups in total. The minimum atomic E-state index is 0.454. The molecule has 19 heavy (non-hydrogen) atoms. The number of hydrogen-bond donors (Lipinski definition) is 2. The van der Waals surface area contributed by atoms with E-state index >= 15 is 0 Å². The summed E-state index contributed by atoms with van der Waals surface area (Å²) in [5.41, 5.74) is 0.454. The first-order valence-electron chi connectivity index (χ1n) is 8.02. The van der Waals surface area contributed by atoms with E-state index in [1.807, 2.05) is 0 Å². The summed E-state index contributed by atoms with van der Waals surface area (Å²) in [6, 6.07) is 1.17. The molecule has 0 radical (unpaired) electrons. The van der Waals surface area contributed by atoms with Crippen LogP contribution in [0.3, 0.4) is 0 Å². The normalized spacial score (nSPS) is 31.7. The van der Waals surface area contributed by atoms with E-state index in [0.717, 1.165) is 11.0 Å². The monoisotopic (exact) mass is 282 g/mol. The molecule has 2 aliphatic carbocycles. The quantitative estimate of drug-likeness (QED) is 0.749. The molecule has 2 unspecified atom stereocenters. The maximum Gasteiger partial charge on any atom is 0.166 e. The van der Waals surface area contributed by atoms with Crippen LogP contribution in [0.25, 0.3) is 0 Å². The topological polar surface area (TPSA) is 24.1 Å². The van der Waals surface area contributed by atoms with E-state index in [2.05, 4.69) is 31.4 Å². The average molecular weight is 282 g/mol. The molecule has 2 atom stereocenters. The fourth-order valence-corrected chi connectivity index (χ4v) is 4.45. The van der Waals surface area contributed by atoms with Crippen LogP contribution in [0.4, 0.5) is 0 Å². The van der Waals surface area contributed by atoms with Gasteiger partial charge in [-0.3, -0.25) is 0 Å². The summed E-state index contributed by atoms with van der Waals surface area (Å²) in [5, 5.41) is 7.99. The fourth-order valence-electron chi connectivity index (χ4n) is 4.12. The molecule has 2 saturated carbocycles. The van der Waals surface area contributed by atoms with Gasteiger partial charge in [0, 0.05) is 12.1 Å². The Hall–Kier alpha value is -0.310. The summed E-state index contributed by atoms with van der Waals surface area (Å²) >= 11 is 5.51. The Morgan fingerprint density at radius 2 is 1.63 bits per heavy atom. The van der Waals surface area contributed by atoms with Gasteiger partial charge in [-0.2, -0.15) is 0 Å². The van der Waals surface area contributed by atoms with Crippen LogP contribution < -0.4 is 10.6 Å². The van der Waals surface area contributed by atoms with Crippen LogP contribution in [0.15, 0.2) is 0 Å². The predicted molar refractivity (Wildman–Crippen MR) is 86.3 cm³/mol. The largest absolute Gasteiger partial charge is 0.360 e. The van der Waals surface area contributed by atoms with Crippen molar-refractivity contribution in [1.82, 2.24) is 10.6 Å². The van der Waals surface area contributed by atoms with Crippen molar-refractivity contribution < 1.29 is 0 Å². The van der Waals surface area contributed by atoms with E-state index in [0.29, 0.717) is 17.5 Å². The van der Waals surface area contributed by atoms with Crippen molar-refractivity contribution in [2.75, 3.05) is 0 Å². The molecule has 3 heteroatoms. The Bertz CT molecular complexity index is 308. The Morgan fingerprint density at radius 3 is 2.26 bits per heavy atom. The second-order valence-corrected chi connectivity index (χ2v) is 7.97. The summed E-state index contributed by atoms with van der Waals surface area (Å²) in [6.45, 7) is 7.14. The molecule has 0 saturated heterocycles. The van der Waals surface area contributed by atoms with Gasteiger partial charge in [-0.25, -0.2) is 0 Å². The predicted octanol–water partition coefficient (Wildman–Crippen LogP) is 4.00. The molecule has 2 nitrogen and oxygen atoms in total. The molecule has 110 valence electrons. The van der Waals surface area contributed by atoms with Crippen molar-refractivity contribution in [2.45, 2.75) is 84.2 Å². The molecule has 0 bridgehead atoms. The van der Waals surface area contributed by atoms with E-state index < -0.39 is 0 Å². The van der Waals surface area contributed by atoms with Crippen molar-refractivity contribution >= 4 is 17.3 Å². The summed E-state index contributed by atoms with van der Waals surface area (Å²) in [5.74, 6) is 0.804. The highest BCUT2D eigenvalue weighted by atomic mass is 32.1. The van der Waals surface area contributed by atoms with E-state index in [-0.39, 0.29) is 0 Å². The fraction of sp³-hybridized carbons (Fsp3) is 0.938. The molecule has 2 aliphatic rings. The standard InChI is InChI=1S/C16H30N2S/c1-12-9-14(11-16(2,3)10-12)18-15(19)17-13-7-5-4-6-8-13/h12-14H,4-11H2,1-3H3,(H2,17,18,19). The highest BCUT2D eigenvalue weighted by molar-refractivity contribution is 7.80. The molecule has 2 rings (SSSR count). The Labute approximate surface area is 124 Å². The van der Waals surface area contributed by atoms with Gasteiger partial charge in [-0.05, 0) is 55.7 Å². The minimum Gasteiger partial charge on any atom is -0.360 e. The Kier molecular flexibility index (Phi) is 5.10. The molecule has 0 aromatic rings. The first kappa shape index (κ1) is 15.1. The third-order valence-corrected chi connectivity index (χ3v) is 4.90. The highest BCUT2D eigenvalue weighted by Gasteiger charge is 2.32. The minimum absolute atomic E-state index is 0.454. The second kappa shape index (κ2) is 6.43. The number of thiocarbonyl (C=S) groups is 1. The Balaban J connectivity index is 1.78. The van der Waals surface area contributed by atoms with Gasteiger partial charge in [-0.1, -0.05) is 40.0 Å². The lowest BCUT2D eigenvalue weighted by Crippen LogP contribution is -2.49. The zero-order chi connectivity index (χ0) is 13.9. The van der Waals surface area contributed by atoms with Crippen LogP contribution in [-0.4, -0.2) is 17.2 Å². The zero-order valence-corrected chi connectivity index (χ0v) is 13.6. The van der Waals surface area contributed by atoms with Crippen molar-refractivity contribution in [2.24, 2.45) is 11.3 Å². The van der Waals surface area contributed by atoms with E-state index in [1.54, 1.807) is 0 Å². The summed E-state index contributed by atoms with van der Waals surface area (Å²) in [4.78, 5) is 0. The maximum absolute atomic E-state index is 5.51. The van der Waals surface area contributed by atoms with E-state index in [9.17, 15) is 0 Å². The van der Waals surface area contributed by atoms with Gasteiger partial charge >= 0.3 is 0 Å². The lowest BCUT2D eigenvalue weighted by atomic mass is 9.71. The van der Waals surface area contributed by atoms with E-state index in [1.165, 1.54) is 51.4 Å². The summed E-state index contributed by atoms with van der Waals surface area (Å²) < 4.78 is 0. The van der Waals surface area contributed by atoms with Gasteiger partial charge in [0.1, 0.15) is 0 Å². The van der Waals surface area contributed by atoms with Crippen LogP contribution >= 0.6 is 12.2 Å². The lowest BCUT2D eigenvalue weighted by Gasteiger charge is -2.40. The molecule has 0 aliphatic heterocycles. The molecule has 0 heterocycles. The molecule has 0 spiro atoms. The van der Waals surface area contributed by atoms with Crippen LogP contribution in [0.2, 0.25) is 0 Å². The zero-order valence-electron chi connectivity index (χ0n) is 12.8. The first-order valence-corrected chi connectivity index (χ1v) is 8.42. The average Bonchev–Trinajstić information content (AvgIpc) is 2.26. The van der Waals surface area contributed by atoms with Crippen LogP contribution in [-0.2, 0) is 0 Å². The van der Waals surface area contributed by atoms with Gasteiger partial charge in [0.15, 0.2) is 5.11 Å². The van der Waals surface area contributed by atoms with Crippen molar-refractivity contribution in [3.8, 4) is 0 Å². The molecular weight excluding hydrogens is 252 g/mol. The van der Waals surface area contributed by atoms with Crippen LogP contribution in [0.5, 0.6) is 0 Å². The van der Waals surface area contributed by atoms with Crippen LogP contribution in [0.1, 0.15) is 72.1 Å². The number of rotatable bonds is 2. The second-order valence-electron chi connectivity index (χ2n) is 7.56. The SMILES string of the molecule is CC1CC(NC(=S)NC2CCCCC2)CC(C)(C)C1. The number of nitrogens with one attached hydrogen (secondary N) is 2. The Morgan fingerprint density at radius 1 is 1.00 bits per heavy atom. The molecule has 0 aromatic carbocycles. The maximum atomic E-state index is 5.51. The molecular formula is C16H30N2S. The van der Waals surface area contributed by atoms with Gasteiger partial charge in [-0.15, -0.1) is 0 Å². The van der Waals surface area contributed by atoms with Gasteiger partial charge in [0.05, 0.1) is 0 Å². The molecule has 0 aromatic heterocycles. The number of hydrogen-bond acceptors (Lipinski definition) is 1. The van der Waals surface area contributed by atoms with Crippen molar-refractivity contribution in [3.63, 3.8) is 0 Å². The molecule has 0 amide bonds. The third-order valence-electron chi connectivity index (χ3n) is 4.66. The highest BCUT2D eigenvalue weighted by Crippen LogP contribution is 2.38. The molecule has 2 fully saturated rings. The van der Waals surface area contributed by atoms with Gasteiger partial charge < -0.3 is 10.6 Å². The third kappa shape index (κ3) is 4.94. The lowest BCUT2D eigenvalue weighted by molar-refractivity contribution is 0.161. The van der Waals surface area contributed by atoms with Gasteiger partial charge in [0.2, 0.25) is 0 Å². The van der Waals surface area contributed by atoms with E-state index in [4.69, 9.17) is 12.2 Å². The smallest absolute Gasteiger partial charge is 0.166 e. The summed E-state index contributed by atoms with van der Waals surface area (Å²) in [7, 11) is 0. The van der Waals surface area contributed by atoms with Crippen LogP contribution in [0, 0.1) is 11.3 Å².